The smallest absolute Gasteiger partial charge is 0.234 e. The summed E-state index contributed by atoms with van der Waals surface area (Å²) in [5, 5.41) is 15.2. The maximum atomic E-state index is 14.5. The lowest BCUT2D eigenvalue weighted by molar-refractivity contribution is -0.138. The second kappa shape index (κ2) is 20.8. The fraction of sp³-hybridized carbons (Fsp3) is 0.914. The first-order chi connectivity index (χ1) is 23.0. The number of aliphatic hydroxyl groups is 1. The fourth-order valence-electron chi connectivity index (χ4n) is 7.30. The molecule has 2 fully saturated rings. The van der Waals surface area contributed by atoms with E-state index in [-0.39, 0.29) is 69.2 Å². The normalized spacial score (nSPS) is 26.1. The first-order valence-electron chi connectivity index (χ1n) is 18.5. The van der Waals surface area contributed by atoms with Crippen LogP contribution in [0.15, 0.2) is 0 Å². The molecule has 11 nitrogen and oxygen atoms in total. The highest BCUT2D eigenvalue weighted by Gasteiger charge is 2.44. The van der Waals surface area contributed by atoms with E-state index in [2.05, 4.69) is 10.7 Å². The van der Waals surface area contributed by atoms with Gasteiger partial charge in [0.2, 0.25) is 27.7 Å². The van der Waals surface area contributed by atoms with Gasteiger partial charge in [-0.25, -0.2) is 26.5 Å². The Morgan fingerprint density at radius 2 is 1.45 bits per heavy atom. The van der Waals surface area contributed by atoms with Crippen molar-refractivity contribution >= 4 is 27.7 Å². The van der Waals surface area contributed by atoms with Crippen LogP contribution in [0.25, 0.3) is 0 Å². The van der Waals surface area contributed by atoms with Gasteiger partial charge >= 0.3 is 0 Å². The highest BCUT2D eigenvalue weighted by atomic mass is 32.2. The SMILES string of the molecule is CCCCN(CC(O)C(CC1CC(F)CC(F)C1)NC(=O)C1CC(C(=O)N(CCC)CCC)CC(S(=O)(=O)N(C)C)C1)NC(=O)CC(C)C. The average Bonchev–Trinajstić information content (AvgIpc) is 3.01. The molecule has 3 N–H and O–H groups in total. The third kappa shape index (κ3) is 14.0. The Morgan fingerprint density at radius 3 is 1.98 bits per heavy atom. The van der Waals surface area contributed by atoms with Crippen LogP contribution < -0.4 is 10.7 Å². The summed E-state index contributed by atoms with van der Waals surface area (Å²) in [4.78, 5) is 42.2. The molecule has 7 atom stereocenters. The number of hydrazine groups is 1. The number of nitrogens with one attached hydrogen (secondary N) is 2. The Labute approximate surface area is 294 Å². The van der Waals surface area contributed by atoms with Crippen molar-refractivity contribution in [2.45, 2.75) is 141 Å². The minimum atomic E-state index is -3.81. The minimum absolute atomic E-state index is 0.0108. The van der Waals surface area contributed by atoms with Crippen molar-refractivity contribution in [3.8, 4) is 0 Å². The molecule has 0 spiro atoms. The number of unbranched alkanes of at least 4 members (excludes halogenated alkanes) is 1. The molecule has 3 amide bonds. The summed E-state index contributed by atoms with van der Waals surface area (Å²) in [6.45, 7) is 11.3. The van der Waals surface area contributed by atoms with Crippen LogP contribution in [-0.4, -0.2) is 115 Å². The largest absolute Gasteiger partial charge is 0.390 e. The third-order valence-corrected chi connectivity index (χ3v) is 12.0. The summed E-state index contributed by atoms with van der Waals surface area (Å²) in [5.41, 5.74) is 2.87. The minimum Gasteiger partial charge on any atom is -0.390 e. The van der Waals surface area contributed by atoms with Crippen LogP contribution in [0.1, 0.15) is 112 Å². The van der Waals surface area contributed by atoms with Crippen molar-refractivity contribution in [3.63, 3.8) is 0 Å². The summed E-state index contributed by atoms with van der Waals surface area (Å²) >= 11 is 0. The van der Waals surface area contributed by atoms with Gasteiger partial charge in [0.15, 0.2) is 0 Å². The standard InChI is InChI=1S/C35H65F2N5O6S/c1-8-11-14-42(39-33(44)15-24(4)5)23-32(43)31(18-25-16-28(36)22-29(37)17-25)38-34(45)26-19-27(35(46)41(12-9-2)13-10-3)21-30(20-26)49(47,48)40(6)7/h24-32,43H,8-23H2,1-7H3,(H,38,45)(H,39,44). The number of carbonyl (C=O) groups excluding carboxylic acids is 3. The first-order valence-corrected chi connectivity index (χ1v) is 20.0. The number of nitrogens with zero attached hydrogens (tertiary/aromatic N) is 3. The Balaban J connectivity index is 2.39. The van der Waals surface area contributed by atoms with Crippen LogP contribution in [0.2, 0.25) is 0 Å². The second-order valence-corrected chi connectivity index (χ2v) is 17.4. The number of hydrogen-bond donors (Lipinski definition) is 3. The molecular formula is C35H65F2N5O6S. The average molecular weight is 722 g/mol. The molecule has 0 aromatic carbocycles. The second-order valence-electron chi connectivity index (χ2n) is 15.0. The molecule has 2 aliphatic carbocycles. The monoisotopic (exact) mass is 721 g/mol. The number of halogens is 2. The molecule has 2 saturated carbocycles. The van der Waals surface area contributed by atoms with Crippen molar-refractivity contribution < 1.29 is 36.7 Å². The Morgan fingerprint density at radius 1 is 0.857 bits per heavy atom. The molecule has 7 unspecified atom stereocenters. The number of alkyl halides is 2. The van der Waals surface area contributed by atoms with E-state index in [0.29, 0.717) is 26.1 Å². The zero-order valence-corrected chi connectivity index (χ0v) is 31.8. The maximum Gasteiger partial charge on any atom is 0.234 e. The summed E-state index contributed by atoms with van der Waals surface area (Å²) < 4.78 is 56.8. The van der Waals surface area contributed by atoms with E-state index in [1.54, 1.807) is 9.91 Å². The fourth-order valence-corrected chi connectivity index (χ4v) is 8.84. The number of hydrogen-bond acceptors (Lipinski definition) is 7. The van der Waals surface area contributed by atoms with Gasteiger partial charge in [0, 0.05) is 65.0 Å². The van der Waals surface area contributed by atoms with Crippen LogP contribution >= 0.6 is 0 Å². The van der Waals surface area contributed by atoms with E-state index in [9.17, 15) is 36.7 Å². The number of rotatable bonds is 20. The van der Waals surface area contributed by atoms with Crippen LogP contribution in [0, 0.1) is 23.7 Å². The molecule has 0 aromatic heterocycles. The zero-order chi connectivity index (χ0) is 36.9. The van der Waals surface area contributed by atoms with Gasteiger partial charge in [0.05, 0.1) is 17.4 Å². The van der Waals surface area contributed by atoms with E-state index in [1.807, 2.05) is 34.6 Å². The van der Waals surface area contributed by atoms with Crippen molar-refractivity contribution in [1.29, 1.82) is 0 Å². The van der Waals surface area contributed by atoms with E-state index in [0.717, 1.165) is 30.0 Å². The van der Waals surface area contributed by atoms with Crippen molar-refractivity contribution in [2.24, 2.45) is 23.7 Å². The Hall–Kier alpha value is -1.90. The lowest BCUT2D eigenvalue weighted by Gasteiger charge is -2.38. The summed E-state index contributed by atoms with van der Waals surface area (Å²) in [6, 6.07) is -0.919. The zero-order valence-electron chi connectivity index (χ0n) is 31.0. The molecule has 0 bridgehead atoms. The molecule has 49 heavy (non-hydrogen) atoms. The van der Waals surface area contributed by atoms with Gasteiger partial charge in [-0.1, -0.05) is 41.0 Å². The molecule has 0 saturated heterocycles. The maximum absolute atomic E-state index is 14.5. The lowest BCUT2D eigenvalue weighted by Crippen LogP contribution is -2.55. The molecule has 14 heteroatoms. The van der Waals surface area contributed by atoms with Gasteiger partial charge in [-0.05, 0) is 69.6 Å². The predicted molar refractivity (Wildman–Crippen MR) is 188 cm³/mol. The van der Waals surface area contributed by atoms with Crippen molar-refractivity contribution in [1.82, 2.24) is 25.0 Å². The topological polar surface area (TPSA) is 139 Å². The van der Waals surface area contributed by atoms with Crippen LogP contribution in [-0.2, 0) is 24.4 Å². The van der Waals surface area contributed by atoms with Gasteiger partial charge in [0.25, 0.3) is 0 Å². The highest BCUT2D eigenvalue weighted by Crippen LogP contribution is 2.36. The van der Waals surface area contributed by atoms with Crippen LogP contribution in [0.5, 0.6) is 0 Å². The number of amides is 3. The molecule has 0 aliphatic heterocycles. The molecule has 286 valence electrons. The highest BCUT2D eigenvalue weighted by molar-refractivity contribution is 7.89. The lowest BCUT2D eigenvalue weighted by atomic mass is 9.79. The molecule has 2 aliphatic rings. The van der Waals surface area contributed by atoms with E-state index < -0.39 is 63.4 Å². The first kappa shape index (κ1) is 43.3. The van der Waals surface area contributed by atoms with Crippen LogP contribution in [0.3, 0.4) is 0 Å². The van der Waals surface area contributed by atoms with Gasteiger partial charge in [-0.2, -0.15) is 0 Å². The number of carbonyl (C=O) groups is 3. The van der Waals surface area contributed by atoms with Gasteiger partial charge in [-0.3, -0.25) is 19.8 Å². The molecule has 2 rings (SSSR count). The van der Waals surface area contributed by atoms with Crippen molar-refractivity contribution in [3.05, 3.63) is 0 Å². The molecule has 0 aromatic rings. The Kier molecular flexibility index (Phi) is 18.4. The van der Waals surface area contributed by atoms with E-state index in [1.165, 1.54) is 14.1 Å². The molecule has 0 heterocycles. The van der Waals surface area contributed by atoms with E-state index in [4.69, 9.17) is 0 Å². The number of aliphatic hydroxyl groups excluding tert-OH is 1. The summed E-state index contributed by atoms with van der Waals surface area (Å²) in [6.07, 6.45) is -0.0345. The molecular weight excluding hydrogens is 656 g/mol. The number of sulfonamides is 1. The molecule has 0 radical (unpaired) electrons. The van der Waals surface area contributed by atoms with Gasteiger partial charge in [0.1, 0.15) is 12.3 Å². The summed E-state index contributed by atoms with van der Waals surface area (Å²) in [7, 11) is -0.929. The third-order valence-electron chi connectivity index (χ3n) is 9.75. The van der Waals surface area contributed by atoms with Gasteiger partial charge < -0.3 is 15.3 Å². The Bertz CT molecular complexity index is 1130. The van der Waals surface area contributed by atoms with Gasteiger partial charge in [-0.15, -0.1) is 0 Å². The predicted octanol–water partition coefficient (Wildman–Crippen LogP) is 4.20. The van der Waals surface area contributed by atoms with E-state index >= 15 is 0 Å². The quantitative estimate of drug-likeness (QED) is 0.160. The summed E-state index contributed by atoms with van der Waals surface area (Å²) in [5.74, 6) is -2.67. The van der Waals surface area contributed by atoms with Crippen LogP contribution in [0.4, 0.5) is 8.78 Å². The van der Waals surface area contributed by atoms with Crippen molar-refractivity contribution in [2.75, 3.05) is 40.3 Å².